The van der Waals surface area contributed by atoms with Crippen molar-refractivity contribution in [2.24, 2.45) is 0 Å². The number of anilines is 1. The first-order valence-electron chi connectivity index (χ1n) is 7.95. The third-order valence-corrected chi connectivity index (χ3v) is 4.15. The maximum atomic E-state index is 13.6. The summed E-state index contributed by atoms with van der Waals surface area (Å²) < 4.78 is 32.2. The van der Waals surface area contributed by atoms with Crippen LogP contribution in [0.4, 0.5) is 19.3 Å². The summed E-state index contributed by atoms with van der Waals surface area (Å²) in [5.74, 6) is -2.08. The summed E-state index contributed by atoms with van der Waals surface area (Å²) in [4.78, 5) is 26.5. The topological polar surface area (TPSA) is 63.1 Å². The lowest BCUT2D eigenvalue weighted by molar-refractivity contribution is -0.917. The predicted molar refractivity (Wildman–Crippen MR) is 83.7 cm³/mol. The normalized spacial score (nSPS) is 16.6. The van der Waals surface area contributed by atoms with Gasteiger partial charge in [0.25, 0.3) is 5.91 Å². The SMILES string of the molecule is CCOC(=O)N1CC[NH+]([C@H](C)C(=O)Nc2c(F)cccc2F)CC1. The number of quaternary nitrogens is 1. The van der Waals surface area contributed by atoms with Crippen molar-refractivity contribution in [3.05, 3.63) is 29.8 Å². The highest BCUT2D eigenvalue weighted by Crippen LogP contribution is 2.17. The molecule has 2 N–H and O–H groups in total. The Morgan fingerprint density at radius 3 is 2.42 bits per heavy atom. The average molecular weight is 342 g/mol. The minimum atomic E-state index is -0.808. The van der Waals surface area contributed by atoms with Gasteiger partial charge >= 0.3 is 6.09 Å². The Bertz CT molecular complexity index is 584. The van der Waals surface area contributed by atoms with Gasteiger partial charge in [-0.15, -0.1) is 0 Å². The fourth-order valence-electron chi connectivity index (χ4n) is 2.66. The molecule has 8 heteroatoms. The summed E-state index contributed by atoms with van der Waals surface area (Å²) in [6, 6.07) is 2.93. The van der Waals surface area contributed by atoms with Gasteiger partial charge in [-0.1, -0.05) is 6.07 Å². The number of carbonyl (C=O) groups is 2. The molecule has 0 saturated carbocycles. The van der Waals surface area contributed by atoms with Gasteiger partial charge in [0.1, 0.15) is 17.3 Å². The molecule has 1 aliphatic rings. The van der Waals surface area contributed by atoms with Gasteiger partial charge < -0.3 is 15.0 Å². The fourth-order valence-corrected chi connectivity index (χ4v) is 2.66. The summed E-state index contributed by atoms with van der Waals surface area (Å²) in [6.07, 6.45) is -0.359. The predicted octanol–water partition coefficient (Wildman–Crippen LogP) is 0.649. The van der Waals surface area contributed by atoms with E-state index in [0.29, 0.717) is 32.8 Å². The maximum Gasteiger partial charge on any atom is 0.410 e. The van der Waals surface area contributed by atoms with Crippen molar-refractivity contribution >= 4 is 17.7 Å². The average Bonchev–Trinajstić information content (AvgIpc) is 2.58. The summed E-state index contributed by atoms with van der Waals surface area (Å²) in [5.41, 5.74) is -0.432. The lowest BCUT2D eigenvalue weighted by atomic mass is 10.2. The smallest absolute Gasteiger partial charge is 0.410 e. The van der Waals surface area contributed by atoms with Crippen LogP contribution in [0.1, 0.15) is 13.8 Å². The molecular formula is C16H22F2N3O3+. The second-order valence-electron chi connectivity index (χ2n) is 5.65. The minimum Gasteiger partial charge on any atom is -0.450 e. The molecule has 1 heterocycles. The number of hydrogen-bond donors (Lipinski definition) is 2. The van der Waals surface area contributed by atoms with E-state index in [1.807, 2.05) is 0 Å². The Hall–Kier alpha value is -2.22. The molecule has 0 aromatic heterocycles. The molecule has 0 radical (unpaired) electrons. The maximum absolute atomic E-state index is 13.6. The number of nitrogens with zero attached hydrogens (tertiary/aromatic N) is 1. The quantitative estimate of drug-likeness (QED) is 0.845. The Kier molecular flexibility index (Phi) is 6.08. The molecule has 1 aliphatic heterocycles. The molecule has 0 aliphatic carbocycles. The van der Waals surface area contributed by atoms with Crippen molar-refractivity contribution in [1.82, 2.24) is 4.90 Å². The minimum absolute atomic E-state index is 0.318. The van der Waals surface area contributed by atoms with E-state index in [1.54, 1.807) is 18.7 Å². The molecule has 24 heavy (non-hydrogen) atoms. The summed E-state index contributed by atoms with van der Waals surface area (Å²) in [6.45, 7) is 5.83. The molecule has 0 bridgehead atoms. The van der Waals surface area contributed by atoms with Gasteiger partial charge in [0.05, 0.1) is 32.8 Å². The van der Waals surface area contributed by atoms with Crippen LogP contribution in [0.3, 0.4) is 0 Å². The Morgan fingerprint density at radius 2 is 1.88 bits per heavy atom. The third kappa shape index (κ3) is 4.19. The molecule has 1 atom stereocenters. The molecule has 1 aromatic rings. The molecule has 2 amide bonds. The van der Waals surface area contributed by atoms with E-state index in [2.05, 4.69) is 5.32 Å². The number of ether oxygens (including phenoxy) is 1. The van der Waals surface area contributed by atoms with Crippen LogP contribution in [-0.2, 0) is 9.53 Å². The van der Waals surface area contributed by atoms with E-state index in [9.17, 15) is 18.4 Å². The van der Waals surface area contributed by atoms with Crippen LogP contribution in [0.25, 0.3) is 0 Å². The molecule has 2 rings (SSSR count). The number of carbonyl (C=O) groups excluding carboxylic acids is 2. The molecule has 1 saturated heterocycles. The molecule has 0 unspecified atom stereocenters. The molecule has 0 spiro atoms. The largest absolute Gasteiger partial charge is 0.450 e. The van der Waals surface area contributed by atoms with E-state index < -0.39 is 29.3 Å². The van der Waals surface area contributed by atoms with Crippen LogP contribution >= 0.6 is 0 Å². The van der Waals surface area contributed by atoms with Gasteiger partial charge in [-0.2, -0.15) is 0 Å². The molecule has 6 nitrogen and oxygen atoms in total. The van der Waals surface area contributed by atoms with Crippen LogP contribution in [0.15, 0.2) is 18.2 Å². The second kappa shape index (κ2) is 8.05. The van der Waals surface area contributed by atoms with Gasteiger partial charge in [-0.25, -0.2) is 13.6 Å². The monoisotopic (exact) mass is 342 g/mol. The van der Waals surface area contributed by atoms with Crippen molar-refractivity contribution in [3.63, 3.8) is 0 Å². The van der Waals surface area contributed by atoms with Crippen molar-refractivity contribution in [2.45, 2.75) is 19.9 Å². The van der Waals surface area contributed by atoms with E-state index in [-0.39, 0.29) is 6.09 Å². The number of hydrogen-bond acceptors (Lipinski definition) is 3. The molecule has 132 valence electrons. The summed E-state index contributed by atoms with van der Waals surface area (Å²) in [5, 5.41) is 2.31. The van der Waals surface area contributed by atoms with Gasteiger partial charge in [-0.3, -0.25) is 9.69 Å². The number of amides is 2. The first-order valence-corrected chi connectivity index (χ1v) is 7.95. The first kappa shape index (κ1) is 18.1. The lowest BCUT2D eigenvalue weighted by Gasteiger charge is -2.34. The van der Waals surface area contributed by atoms with Gasteiger partial charge in [0.15, 0.2) is 6.04 Å². The van der Waals surface area contributed by atoms with Crippen LogP contribution in [0.2, 0.25) is 0 Å². The van der Waals surface area contributed by atoms with Crippen molar-refractivity contribution < 1.29 is 28.0 Å². The number of piperazine rings is 1. The molecular weight excluding hydrogens is 320 g/mol. The van der Waals surface area contributed by atoms with E-state index >= 15 is 0 Å². The number of halogens is 2. The number of rotatable bonds is 4. The Balaban J connectivity index is 1.92. The molecule has 1 fully saturated rings. The number of nitrogens with one attached hydrogen (secondary N) is 2. The van der Waals surface area contributed by atoms with E-state index in [0.717, 1.165) is 17.0 Å². The van der Waals surface area contributed by atoms with Crippen molar-refractivity contribution in [2.75, 3.05) is 38.1 Å². The first-order chi connectivity index (χ1) is 11.4. The number of benzene rings is 1. The molecule has 1 aromatic carbocycles. The van der Waals surface area contributed by atoms with Crippen LogP contribution < -0.4 is 10.2 Å². The lowest BCUT2D eigenvalue weighted by Crippen LogP contribution is -3.19. The Labute approximate surface area is 139 Å². The van der Waals surface area contributed by atoms with Gasteiger partial charge in [0.2, 0.25) is 0 Å². The fraction of sp³-hybridized carbons (Fsp3) is 0.500. The van der Waals surface area contributed by atoms with Gasteiger partial charge in [0, 0.05) is 0 Å². The highest BCUT2D eigenvalue weighted by molar-refractivity contribution is 5.93. The zero-order valence-electron chi connectivity index (χ0n) is 13.8. The zero-order chi connectivity index (χ0) is 17.7. The second-order valence-corrected chi connectivity index (χ2v) is 5.65. The van der Waals surface area contributed by atoms with Crippen LogP contribution in [0, 0.1) is 11.6 Å². The van der Waals surface area contributed by atoms with Crippen LogP contribution in [0.5, 0.6) is 0 Å². The van der Waals surface area contributed by atoms with E-state index in [1.165, 1.54) is 6.07 Å². The summed E-state index contributed by atoms with van der Waals surface area (Å²) >= 11 is 0. The van der Waals surface area contributed by atoms with Crippen LogP contribution in [-0.4, -0.2) is 55.7 Å². The zero-order valence-corrected chi connectivity index (χ0v) is 13.8. The Morgan fingerprint density at radius 1 is 1.29 bits per heavy atom. The van der Waals surface area contributed by atoms with Gasteiger partial charge in [-0.05, 0) is 26.0 Å². The third-order valence-electron chi connectivity index (χ3n) is 4.15. The number of para-hydroxylation sites is 1. The van der Waals surface area contributed by atoms with E-state index in [4.69, 9.17) is 4.74 Å². The standard InChI is InChI=1S/C16H21F2N3O3/c1-3-24-16(23)21-9-7-20(8-10-21)11(2)15(22)19-14-12(17)5-4-6-13(14)18/h4-6,11H,3,7-10H2,1-2H3,(H,19,22)/p+1/t11-/m1/s1. The van der Waals surface area contributed by atoms with Crippen molar-refractivity contribution in [3.8, 4) is 0 Å². The van der Waals surface area contributed by atoms with Crippen molar-refractivity contribution in [1.29, 1.82) is 0 Å². The summed E-state index contributed by atoms with van der Waals surface area (Å²) in [7, 11) is 0. The highest BCUT2D eigenvalue weighted by Gasteiger charge is 2.31. The highest BCUT2D eigenvalue weighted by atomic mass is 19.1.